The van der Waals surface area contributed by atoms with Gasteiger partial charge in [0.05, 0.1) is 18.8 Å². The molecular formula is C23H23ClF3N7. The van der Waals surface area contributed by atoms with Crippen LogP contribution in [0.5, 0.6) is 0 Å². The lowest BCUT2D eigenvalue weighted by Crippen LogP contribution is -2.73. The normalized spacial score (nSPS) is 19.3. The summed E-state index contributed by atoms with van der Waals surface area (Å²) in [7, 11) is 0. The van der Waals surface area contributed by atoms with Crippen LogP contribution in [-0.4, -0.2) is 63.5 Å². The first kappa shape index (κ1) is 21.7. The average Bonchev–Trinajstić information content (AvgIpc) is 3.02. The molecule has 0 radical (unpaired) electrons. The number of halogens is 4. The molecule has 0 saturated carbocycles. The molecule has 3 aliphatic rings. The topological polar surface area (TPSA) is 53.3 Å². The Labute approximate surface area is 199 Å². The summed E-state index contributed by atoms with van der Waals surface area (Å²) in [6.45, 7) is 4.69. The number of rotatable bonds is 3. The molecule has 6 rings (SSSR count). The summed E-state index contributed by atoms with van der Waals surface area (Å²) in [4.78, 5) is 10.3. The highest BCUT2D eigenvalue weighted by Gasteiger charge is 2.53. The molecule has 11 heteroatoms. The highest BCUT2D eigenvalue weighted by molar-refractivity contribution is 6.30. The molecule has 1 spiro atoms. The third-order valence-corrected chi connectivity index (χ3v) is 7.00. The molecule has 0 amide bonds. The van der Waals surface area contributed by atoms with Crippen molar-refractivity contribution in [2.24, 2.45) is 5.41 Å². The molecule has 0 atom stereocenters. The smallest absolute Gasteiger partial charge is 0.355 e. The Bertz CT molecular complexity index is 1230. The van der Waals surface area contributed by atoms with Crippen LogP contribution in [-0.2, 0) is 13.1 Å². The number of aromatic nitrogens is 4. The van der Waals surface area contributed by atoms with Gasteiger partial charge in [-0.2, -0.15) is 13.2 Å². The molecular weight excluding hydrogens is 467 g/mol. The fraction of sp³-hybridized carbons (Fsp3) is 0.435. The van der Waals surface area contributed by atoms with Crippen molar-refractivity contribution in [1.82, 2.24) is 24.6 Å². The van der Waals surface area contributed by atoms with Crippen LogP contribution in [0.3, 0.4) is 0 Å². The van der Waals surface area contributed by atoms with E-state index in [9.17, 15) is 13.2 Å². The van der Waals surface area contributed by atoms with E-state index in [4.69, 9.17) is 11.6 Å². The fourth-order valence-corrected chi connectivity index (χ4v) is 5.49. The quantitative estimate of drug-likeness (QED) is 0.557. The Balaban J connectivity index is 1.24. The van der Waals surface area contributed by atoms with Crippen molar-refractivity contribution in [3.8, 4) is 5.69 Å². The van der Waals surface area contributed by atoms with Crippen molar-refractivity contribution in [1.29, 1.82) is 0 Å². The van der Waals surface area contributed by atoms with Gasteiger partial charge in [-0.05, 0) is 42.3 Å². The van der Waals surface area contributed by atoms with Crippen LogP contribution in [0.25, 0.3) is 5.69 Å². The second kappa shape index (κ2) is 7.58. The maximum Gasteiger partial charge on any atom is 0.401 e. The number of alkyl halides is 3. The first-order chi connectivity index (χ1) is 16.2. The molecule has 2 saturated heterocycles. The number of fused-ring (bicyclic) bond motifs is 3. The molecule has 34 heavy (non-hydrogen) atoms. The van der Waals surface area contributed by atoms with Gasteiger partial charge in [0.2, 0.25) is 5.95 Å². The van der Waals surface area contributed by atoms with E-state index in [1.165, 1.54) is 4.90 Å². The summed E-state index contributed by atoms with van der Waals surface area (Å²) in [5.41, 5.74) is 2.82. The van der Waals surface area contributed by atoms with E-state index in [0.29, 0.717) is 16.8 Å². The third kappa shape index (κ3) is 3.78. The highest BCUT2D eigenvalue weighted by atomic mass is 35.5. The number of pyridine rings is 1. The summed E-state index contributed by atoms with van der Waals surface area (Å²) < 4.78 is 41.4. The lowest BCUT2D eigenvalue weighted by atomic mass is 9.73. The van der Waals surface area contributed by atoms with Crippen LogP contribution in [0.2, 0.25) is 5.02 Å². The minimum Gasteiger partial charge on any atom is -0.355 e. The minimum atomic E-state index is -4.30. The van der Waals surface area contributed by atoms with Crippen LogP contribution in [0.1, 0.15) is 17.0 Å². The van der Waals surface area contributed by atoms with Gasteiger partial charge in [-0.1, -0.05) is 17.7 Å². The second-order valence-electron chi connectivity index (χ2n) is 9.69. The number of hydrogen-bond donors (Lipinski definition) is 0. The number of nitrogens with zero attached hydrogens (tertiary/aromatic N) is 7. The maximum absolute atomic E-state index is 13.2. The zero-order valence-electron chi connectivity index (χ0n) is 18.6. The molecule has 2 aromatic heterocycles. The van der Waals surface area contributed by atoms with Crippen molar-refractivity contribution in [3.05, 3.63) is 58.5 Å². The van der Waals surface area contributed by atoms with Crippen LogP contribution in [0.4, 0.5) is 24.9 Å². The van der Waals surface area contributed by atoms with Crippen molar-refractivity contribution in [2.45, 2.75) is 26.2 Å². The van der Waals surface area contributed by atoms with Gasteiger partial charge in [-0.3, -0.25) is 9.47 Å². The van der Waals surface area contributed by atoms with Crippen LogP contribution in [0, 0.1) is 12.3 Å². The second-order valence-corrected chi connectivity index (χ2v) is 10.1. The van der Waals surface area contributed by atoms with E-state index < -0.39 is 12.7 Å². The molecule has 0 N–H and O–H groups in total. The Morgan fingerprint density at radius 2 is 1.76 bits per heavy atom. The zero-order valence-corrected chi connectivity index (χ0v) is 19.3. The molecule has 1 aromatic carbocycles. The lowest BCUT2D eigenvalue weighted by Gasteiger charge is -2.60. The SMILES string of the molecule is Cc1ccc(N2CC3(C2)CN(c2nnc4n2-c2ccc(Cl)cc2CN(CC(F)(F)F)C4)C3)nc1. The van der Waals surface area contributed by atoms with Crippen LogP contribution in [0.15, 0.2) is 36.5 Å². The van der Waals surface area contributed by atoms with Crippen molar-refractivity contribution >= 4 is 23.4 Å². The largest absolute Gasteiger partial charge is 0.401 e. The predicted octanol–water partition coefficient (Wildman–Crippen LogP) is 3.83. The summed E-state index contributed by atoms with van der Waals surface area (Å²) in [6.07, 6.45) is -2.42. The number of anilines is 2. The summed E-state index contributed by atoms with van der Waals surface area (Å²) in [5.74, 6) is 2.16. The Hall–Kier alpha value is -2.85. The summed E-state index contributed by atoms with van der Waals surface area (Å²) >= 11 is 6.19. The average molecular weight is 490 g/mol. The third-order valence-electron chi connectivity index (χ3n) is 6.76. The van der Waals surface area contributed by atoms with Crippen LogP contribution >= 0.6 is 11.6 Å². The standard InChI is InChI=1S/C23H23ClF3N7/c1-15-2-5-19(28-7-15)32-10-22(11-32)12-33(13-22)21-30-29-20-9-31(14-23(25,26)27)8-16-6-17(24)3-4-18(16)34(20)21/h2-7H,8-14H2,1H3. The zero-order chi connectivity index (χ0) is 23.7. The van der Waals surface area contributed by atoms with Crippen molar-refractivity contribution < 1.29 is 13.2 Å². The highest BCUT2D eigenvalue weighted by Crippen LogP contribution is 2.44. The van der Waals surface area contributed by atoms with Crippen LogP contribution < -0.4 is 9.80 Å². The monoisotopic (exact) mass is 489 g/mol. The molecule has 2 fully saturated rings. The molecule has 7 nitrogen and oxygen atoms in total. The maximum atomic E-state index is 13.2. The minimum absolute atomic E-state index is 0.0602. The Kier molecular flexibility index (Phi) is 4.83. The Morgan fingerprint density at radius 3 is 2.47 bits per heavy atom. The molecule has 0 unspecified atom stereocenters. The van der Waals surface area contributed by atoms with Crippen molar-refractivity contribution in [2.75, 3.05) is 42.5 Å². The van der Waals surface area contributed by atoms with Gasteiger partial charge in [0.25, 0.3) is 0 Å². The van der Waals surface area contributed by atoms with Gasteiger partial charge in [-0.15, -0.1) is 10.2 Å². The van der Waals surface area contributed by atoms with E-state index in [2.05, 4.69) is 31.0 Å². The van der Waals surface area contributed by atoms with Gasteiger partial charge in [-0.25, -0.2) is 4.98 Å². The summed E-state index contributed by atoms with van der Waals surface area (Å²) in [5, 5.41) is 9.18. The van der Waals surface area contributed by atoms with Gasteiger partial charge in [0, 0.05) is 49.4 Å². The number of benzene rings is 1. The van der Waals surface area contributed by atoms with E-state index in [-0.39, 0.29) is 18.5 Å². The molecule has 3 aromatic rings. The molecule has 178 valence electrons. The van der Waals surface area contributed by atoms with Crippen molar-refractivity contribution in [3.63, 3.8) is 0 Å². The predicted molar refractivity (Wildman–Crippen MR) is 122 cm³/mol. The van der Waals surface area contributed by atoms with E-state index in [1.54, 1.807) is 12.1 Å². The Morgan fingerprint density at radius 1 is 1.00 bits per heavy atom. The fourth-order valence-electron chi connectivity index (χ4n) is 5.30. The van der Waals surface area contributed by atoms with E-state index in [1.807, 2.05) is 29.8 Å². The lowest BCUT2D eigenvalue weighted by molar-refractivity contribution is -0.148. The number of aryl methyl sites for hydroxylation is 1. The van der Waals surface area contributed by atoms with Gasteiger partial charge in [0.1, 0.15) is 5.82 Å². The molecule has 0 bridgehead atoms. The van der Waals surface area contributed by atoms with E-state index >= 15 is 0 Å². The van der Waals surface area contributed by atoms with Gasteiger partial charge >= 0.3 is 6.18 Å². The van der Waals surface area contributed by atoms with Gasteiger partial charge in [0.15, 0.2) is 5.82 Å². The first-order valence-corrected chi connectivity index (χ1v) is 11.5. The molecule has 5 heterocycles. The van der Waals surface area contributed by atoms with Gasteiger partial charge < -0.3 is 9.80 Å². The van der Waals surface area contributed by atoms with E-state index in [0.717, 1.165) is 48.8 Å². The first-order valence-electron chi connectivity index (χ1n) is 11.1. The summed E-state index contributed by atoms with van der Waals surface area (Å²) in [6, 6.07) is 9.44. The molecule has 3 aliphatic heterocycles. The molecule has 0 aliphatic carbocycles. The number of hydrogen-bond acceptors (Lipinski definition) is 6.